The number of hydrogen-bond acceptors (Lipinski definition) is 3. The highest BCUT2D eigenvalue weighted by atomic mass is 16.1. The Morgan fingerprint density at radius 1 is 0.923 bits per heavy atom. The quantitative estimate of drug-likeness (QED) is 0.796. The number of carbonyl (C=O) groups excluding carboxylic acids is 1. The number of nitrogens with zero attached hydrogens (tertiary/aromatic N) is 2. The molecule has 0 amide bonds. The smallest absolute Gasteiger partial charge is 0.206 e. The highest BCUT2D eigenvalue weighted by molar-refractivity contribution is 6.34. The maximum atomic E-state index is 13.9. The number of likely N-dealkylation sites (N-methyl/N-ethyl adjacent to an activating group) is 1. The molecule has 0 unspecified atom stereocenters. The lowest BCUT2D eigenvalue weighted by Gasteiger charge is -2.42. The molecule has 5 rings (SSSR count). The molecule has 1 saturated heterocycles. The summed E-state index contributed by atoms with van der Waals surface area (Å²) in [6.07, 6.45) is 5.36. The second-order valence-electron chi connectivity index (χ2n) is 7.61. The minimum absolute atomic E-state index is 0.226. The van der Waals surface area contributed by atoms with Crippen LogP contribution in [-0.2, 0) is 4.79 Å². The third kappa shape index (κ3) is 1.84. The normalized spacial score (nSPS) is 29.2. The first kappa shape index (κ1) is 15.6. The second kappa shape index (κ2) is 5.42. The van der Waals surface area contributed by atoms with Crippen LogP contribution >= 0.6 is 0 Å². The van der Waals surface area contributed by atoms with E-state index in [9.17, 15) is 4.79 Å². The third-order valence-electron chi connectivity index (χ3n) is 6.13. The SMILES string of the molecule is CN(C)[C@]12C[C@@H]3C=C[C@@H]3N1C(c1ccccc1)=C(c1ccccc1)C2=O. The number of rotatable bonds is 3. The molecular formula is C23H22N2O. The van der Waals surface area contributed by atoms with E-state index in [0.29, 0.717) is 12.0 Å². The summed E-state index contributed by atoms with van der Waals surface area (Å²) in [7, 11) is 4.07. The fourth-order valence-electron chi connectivity index (χ4n) is 4.83. The minimum atomic E-state index is -0.588. The van der Waals surface area contributed by atoms with Gasteiger partial charge in [-0.15, -0.1) is 0 Å². The van der Waals surface area contributed by atoms with Gasteiger partial charge in [0, 0.05) is 12.3 Å². The van der Waals surface area contributed by atoms with Gasteiger partial charge >= 0.3 is 0 Å². The van der Waals surface area contributed by atoms with Gasteiger partial charge in [-0.2, -0.15) is 0 Å². The zero-order valence-corrected chi connectivity index (χ0v) is 15.1. The van der Waals surface area contributed by atoms with Crippen molar-refractivity contribution in [2.45, 2.75) is 18.1 Å². The number of benzene rings is 2. The monoisotopic (exact) mass is 342 g/mol. The first-order valence-electron chi connectivity index (χ1n) is 9.19. The Balaban J connectivity index is 1.80. The molecule has 2 aromatic carbocycles. The van der Waals surface area contributed by atoms with Crippen LogP contribution in [0.4, 0.5) is 0 Å². The van der Waals surface area contributed by atoms with Crippen LogP contribution in [-0.4, -0.2) is 41.4 Å². The van der Waals surface area contributed by atoms with Crippen molar-refractivity contribution in [1.82, 2.24) is 9.80 Å². The lowest BCUT2D eigenvalue weighted by molar-refractivity contribution is -0.128. The summed E-state index contributed by atoms with van der Waals surface area (Å²) in [6.45, 7) is 0. The number of hydrogen-bond donors (Lipinski definition) is 0. The predicted octanol–water partition coefficient (Wildman–Crippen LogP) is 3.66. The average molecular weight is 342 g/mol. The molecule has 1 fully saturated rings. The topological polar surface area (TPSA) is 23.6 Å². The maximum Gasteiger partial charge on any atom is 0.206 e. The van der Waals surface area contributed by atoms with Crippen molar-refractivity contribution in [2.24, 2.45) is 5.92 Å². The maximum absolute atomic E-state index is 13.9. The van der Waals surface area contributed by atoms with Gasteiger partial charge in [0.1, 0.15) is 0 Å². The lowest BCUT2D eigenvalue weighted by Crippen LogP contribution is -2.57. The molecule has 3 atom stereocenters. The summed E-state index contributed by atoms with van der Waals surface area (Å²) in [4.78, 5) is 18.4. The Kier molecular flexibility index (Phi) is 3.25. The van der Waals surface area contributed by atoms with Crippen LogP contribution in [0.2, 0.25) is 0 Å². The molecule has 3 aliphatic rings. The highest BCUT2D eigenvalue weighted by Crippen LogP contribution is 2.56. The summed E-state index contributed by atoms with van der Waals surface area (Å²) in [5, 5.41) is 0. The van der Waals surface area contributed by atoms with Crippen LogP contribution in [0.1, 0.15) is 17.5 Å². The minimum Gasteiger partial charge on any atom is -0.338 e. The number of ketones is 1. The Morgan fingerprint density at radius 2 is 1.54 bits per heavy atom. The molecule has 3 heteroatoms. The fourth-order valence-corrected chi connectivity index (χ4v) is 4.83. The Bertz CT molecular complexity index is 929. The molecule has 1 aliphatic carbocycles. The average Bonchev–Trinajstić information content (AvgIpc) is 3.03. The van der Waals surface area contributed by atoms with Crippen LogP contribution < -0.4 is 0 Å². The third-order valence-corrected chi connectivity index (χ3v) is 6.13. The van der Waals surface area contributed by atoms with E-state index in [2.05, 4.69) is 58.4 Å². The van der Waals surface area contributed by atoms with E-state index in [-0.39, 0.29) is 5.78 Å². The van der Waals surface area contributed by atoms with Crippen LogP contribution in [0.5, 0.6) is 0 Å². The first-order chi connectivity index (χ1) is 12.6. The molecule has 2 aromatic rings. The zero-order chi connectivity index (χ0) is 17.9. The molecule has 0 spiro atoms. The van der Waals surface area contributed by atoms with E-state index in [0.717, 1.165) is 28.8 Å². The second-order valence-corrected chi connectivity index (χ2v) is 7.61. The molecule has 130 valence electrons. The molecule has 0 aromatic heterocycles. The van der Waals surface area contributed by atoms with E-state index in [1.807, 2.05) is 38.4 Å². The van der Waals surface area contributed by atoms with E-state index >= 15 is 0 Å². The van der Waals surface area contributed by atoms with Gasteiger partial charge in [0.05, 0.1) is 17.3 Å². The summed E-state index contributed by atoms with van der Waals surface area (Å²) in [5.74, 6) is 0.682. The van der Waals surface area contributed by atoms with Gasteiger partial charge in [0.2, 0.25) is 5.78 Å². The zero-order valence-electron chi connectivity index (χ0n) is 15.1. The van der Waals surface area contributed by atoms with Crippen molar-refractivity contribution in [3.05, 3.63) is 83.9 Å². The van der Waals surface area contributed by atoms with Gasteiger partial charge in [-0.3, -0.25) is 9.69 Å². The van der Waals surface area contributed by atoms with Crippen molar-refractivity contribution in [3.8, 4) is 0 Å². The first-order valence-corrected chi connectivity index (χ1v) is 9.19. The van der Waals surface area contributed by atoms with Crippen molar-refractivity contribution < 1.29 is 4.79 Å². The molecule has 3 nitrogen and oxygen atoms in total. The van der Waals surface area contributed by atoms with Crippen molar-refractivity contribution >= 4 is 17.1 Å². The van der Waals surface area contributed by atoms with Gasteiger partial charge in [-0.1, -0.05) is 72.8 Å². The Hall–Kier alpha value is -2.65. The largest absolute Gasteiger partial charge is 0.338 e. The summed E-state index contributed by atoms with van der Waals surface area (Å²) >= 11 is 0. The molecule has 2 aliphatic heterocycles. The van der Waals surface area contributed by atoms with Gasteiger partial charge in [-0.05, 0) is 25.2 Å². The predicted molar refractivity (Wildman–Crippen MR) is 104 cm³/mol. The fraction of sp³-hybridized carbons (Fsp3) is 0.261. The van der Waals surface area contributed by atoms with Gasteiger partial charge in [0.25, 0.3) is 0 Å². The summed E-state index contributed by atoms with van der Waals surface area (Å²) in [6, 6.07) is 20.8. The van der Waals surface area contributed by atoms with E-state index < -0.39 is 5.66 Å². The van der Waals surface area contributed by atoms with E-state index in [1.165, 1.54) is 0 Å². The molecule has 26 heavy (non-hydrogen) atoms. The summed E-state index contributed by atoms with van der Waals surface area (Å²) in [5.41, 5.74) is 3.46. The van der Waals surface area contributed by atoms with Gasteiger partial charge in [0.15, 0.2) is 5.66 Å². The Labute approximate surface area is 154 Å². The molecule has 0 radical (unpaired) electrons. The number of Topliss-reactive ketones (excluding diaryl/α,β-unsaturated/α-hetero) is 1. The van der Waals surface area contributed by atoms with Gasteiger partial charge in [-0.25, -0.2) is 0 Å². The van der Waals surface area contributed by atoms with Crippen molar-refractivity contribution in [2.75, 3.05) is 14.1 Å². The molecular weight excluding hydrogens is 320 g/mol. The van der Waals surface area contributed by atoms with Crippen LogP contribution in [0.25, 0.3) is 11.3 Å². The molecule has 0 N–H and O–H groups in total. The van der Waals surface area contributed by atoms with Crippen LogP contribution in [0, 0.1) is 5.92 Å². The Morgan fingerprint density at radius 3 is 2.08 bits per heavy atom. The van der Waals surface area contributed by atoms with E-state index in [4.69, 9.17) is 0 Å². The number of fused-ring (bicyclic) bond motifs is 3. The molecule has 0 bridgehead atoms. The molecule has 0 saturated carbocycles. The van der Waals surface area contributed by atoms with Crippen molar-refractivity contribution in [3.63, 3.8) is 0 Å². The van der Waals surface area contributed by atoms with Gasteiger partial charge < -0.3 is 4.90 Å². The lowest BCUT2D eigenvalue weighted by atomic mass is 9.84. The van der Waals surface area contributed by atoms with Crippen LogP contribution in [0.3, 0.4) is 0 Å². The van der Waals surface area contributed by atoms with E-state index in [1.54, 1.807) is 0 Å². The standard InChI is InChI=1S/C23H22N2O/c1-24(2)23-15-18-13-14-19(18)25(23)21(17-11-7-4-8-12-17)20(22(23)26)16-9-5-3-6-10-16/h3-14,18-19H,15H2,1-2H3/t18-,19-,23+/m0/s1. The molecule has 2 heterocycles. The van der Waals surface area contributed by atoms with Crippen molar-refractivity contribution in [1.29, 1.82) is 0 Å². The highest BCUT2D eigenvalue weighted by Gasteiger charge is 2.63. The van der Waals surface area contributed by atoms with Crippen LogP contribution in [0.15, 0.2) is 72.8 Å². The number of carbonyl (C=O) groups is 1. The summed E-state index contributed by atoms with van der Waals surface area (Å²) < 4.78 is 0.